The van der Waals surface area contributed by atoms with Crippen molar-refractivity contribution in [2.24, 2.45) is 5.73 Å². The largest absolute Gasteiger partial charge is 0.340 e. The highest BCUT2D eigenvalue weighted by Gasteiger charge is 2.26. The molecular weight excluding hydrogens is 446 g/mol. The van der Waals surface area contributed by atoms with Crippen LogP contribution in [0.3, 0.4) is 0 Å². The number of piperazine rings is 1. The molecule has 2 N–H and O–H groups in total. The zero-order chi connectivity index (χ0) is 17.1. The first-order chi connectivity index (χ1) is 11.5. The molecule has 1 amide bonds. The molecule has 0 saturated carbocycles. The first-order valence-corrected chi connectivity index (χ1v) is 9.22. The zero-order valence-electron chi connectivity index (χ0n) is 14.6. The molecule has 0 aromatic heterocycles. The number of hydrogen-bond acceptors (Lipinski definition) is 4. The van der Waals surface area contributed by atoms with Crippen LogP contribution < -0.4 is 5.73 Å². The Hall–Kier alpha value is -0.440. The lowest BCUT2D eigenvalue weighted by Crippen LogP contribution is -2.49. The average Bonchev–Trinajstić information content (AvgIpc) is 2.98. The fourth-order valence-corrected chi connectivity index (χ4v) is 3.63. The summed E-state index contributed by atoms with van der Waals surface area (Å²) in [6.07, 6.45) is 0.901. The van der Waals surface area contributed by atoms with E-state index in [-0.39, 0.29) is 42.6 Å². The van der Waals surface area contributed by atoms with Crippen LogP contribution in [0.15, 0.2) is 22.7 Å². The van der Waals surface area contributed by atoms with Crippen molar-refractivity contribution >= 4 is 46.7 Å². The third-order valence-electron chi connectivity index (χ3n) is 4.81. The number of nitrogens with zero attached hydrogens (tertiary/aromatic N) is 3. The highest BCUT2D eigenvalue weighted by molar-refractivity contribution is 9.10. The van der Waals surface area contributed by atoms with Crippen molar-refractivity contribution in [3.05, 3.63) is 34.1 Å². The van der Waals surface area contributed by atoms with E-state index < -0.39 is 0 Å². The lowest BCUT2D eigenvalue weighted by molar-refractivity contribution is -0.131. The molecule has 2 saturated heterocycles. The van der Waals surface area contributed by atoms with Crippen molar-refractivity contribution in [1.29, 1.82) is 0 Å². The van der Waals surface area contributed by atoms with Gasteiger partial charge in [0.2, 0.25) is 5.91 Å². The van der Waals surface area contributed by atoms with Gasteiger partial charge in [-0.05, 0) is 18.6 Å². The molecule has 1 atom stereocenters. The van der Waals surface area contributed by atoms with Gasteiger partial charge in [-0.1, -0.05) is 22.0 Å². The molecule has 2 aliphatic heterocycles. The van der Waals surface area contributed by atoms with Gasteiger partial charge in [0.1, 0.15) is 5.82 Å². The van der Waals surface area contributed by atoms with Crippen LogP contribution in [0, 0.1) is 5.82 Å². The first kappa shape index (κ1) is 23.6. The molecule has 0 unspecified atom stereocenters. The van der Waals surface area contributed by atoms with E-state index in [0.29, 0.717) is 25.2 Å². The minimum atomic E-state index is -0.174. The van der Waals surface area contributed by atoms with E-state index in [0.717, 1.165) is 43.6 Å². The Morgan fingerprint density at radius 3 is 2.38 bits per heavy atom. The van der Waals surface area contributed by atoms with E-state index in [2.05, 4.69) is 25.7 Å². The molecule has 148 valence electrons. The fourth-order valence-electron chi connectivity index (χ4n) is 3.30. The van der Waals surface area contributed by atoms with Crippen molar-refractivity contribution in [3.8, 4) is 0 Å². The number of halogens is 4. The Morgan fingerprint density at radius 2 is 1.81 bits per heavy atom. The van der Waals surface area contributed by atoms with Crippen LogP contribution >= 0.6 is 40.7 Å². The van der Waals surface area contributed by atoms with Gasteiger partial charge in [-0.25, -0.2) is 4.39 Å². The van der Waals surface area contributed by atoms with E-state index in [4.69, 9.17) is 5.73 Å². The molecule has 2 fully saturated rings. The number of carbonyl (C=O) groups is 1. The summed E-state index contributed by atoms with van der Waals surface area (Å²) in [6.45, 7) is 5.91. The minimum Gasteiger partial charge on any atom is -0.340 e. The molecule has 0 bridgehead atoms. The highest BCUT2D eigenvalue weighted by atomic mass is 79.9. The van der Waals surface area contributed by atoms with Gasteiger partial charge in [-0.2, -0.15) is 0 Å². The lowest BCUT2D eigenvalue weighted by atomic mass is 10.2. The molecular formula is C17H26BrCl2FN4O. The molecule has 0 aliphatic carbocycles. The Bertz CT molecular complexity index is 602. The summed E-state index contributed by atoms with van der Waals surface area (Å²) in [5.41, 5.74) is 6.58. The van der Waals surface area contributed by atoms with Gasteiger partial charge in [0.15, 0.2) is 0 Å². The zero-order valence-corrected chi connectivity index (χ0v) is 17.8. The maximum absolute atomic E-state index is 13.9. The highest BCUT2D eigenvalue weighted by Crippen LogP contribution is 2.17. The first-order valence-electron chi connectivity index (χ1n) is 8.43. The van der Waals surface area contributed by atoms with E-state index in [1.165, 1.54) is 6.07 Å². The van der Waals surface area contributed by atoms with Crippen LogP contribution in [-0.2, 0) is 11.3 Å². The molecule has 9 heteroatoms. The number of benzene rings is 1. The molecule has 5 nitrogen and oxygen atoms in total. The van der Waals surface area contributed by atoms with Gasteiger partial charge in [0.25, 0.3) is 0 Å². The van der Waals surface area contributed by atoms with Crippen LogP contribution in [0.2, 0.25) is 0 Å². The number of nitrogens with two attached hydrogens (primary N) is 1. The summed E-state index contributed by atoms with van der Waals surface area (Å²) in [6, 6.07) is 5.33. The van der Waals surface area contributed by atoms with Crippen LogP contribution in [0.4, 0.5) is 4.39 Å². The molecule has 26 heavy (non-hydrogen) atoms. The summed E-state index contributed by atoms with van der Waals surface area (Å²) in [5.74, 6) is 0.00251. The number of hydrogen-bond donors (Lipinski definition) is 1. The molecule has 1 aromatic carbocycles. The summed E-state index contributed by atoms with van der Waals surface area (Å²) >= 11 is 3.28. The number of rotatable bonds is 4. The van der Waals surface area contributed by atoms with Crippen LogP contribution in [0.5, 0.6) is 0 Å². The molecule has 0 spiro atoms. The van der Waals surface area contributed by atoms with Crippen molar-refractivity contribution < 1.29 is 9.18 Å². The van der Waals surface area contributed by atoms with Crippen molar-refractivity contribution in [3.63, 3.8) is 0 Å². The summed E-state index contributed by atoms with van der Waals surface area (Å²) < 4.78 is 14.7. The van der Waals surface area contributed by atoms with E-state index in [9.17, 15) is 9.18 Å². The van der Waals surface area contributed by atoms with Gasteiger partial charge in [0.05, 0.1) is 6.54 Å². The van der Waals surface area contributed by atoms with Gasteiger partial charge in [0, 0.05) is 61.9 Å². The smallest absolute Gasteiger partial charge is 0.236 e. The standard InChI is InChI=1S/C17H24BrFN4O.2ClH/c18-14-2-1-13(16(19)9-14)10-21-5-7-22(8-6-21)12-17(24)23-4-3-15(20)11-23;;/h1-2,9,15H,3-8,10-12,20H2;2*1H/t15-;;/m1../s1. The van der Waals surface area contributed by atoms with Crippen molar-refractivity contribution in [2.45, 2.75) is 19.0 Å². The number of carbonyl (C=O) groups excluding carboxylic acids is 1. The van der Waals surface area contributed by atoms with Crippen molar-refractivity contribution in [1.82, 2.24) is 14.7 Å². The Morgan fingerprint density at radius 1 is 1.15 bits per heavy atom. The van der Waals surface area contributed by atoms with E-state index >= 15 is 0 Å². The summed E-state index contributed by atoms with van der Waals surface area (Å²) in [5, 5.41) is 0. The van der Waals surface area contributed by atoms with E-state index in [1.807, 2.05) is 17.0 Å². The van der Waals surface area contributed by atoms with E-state index in [1.54, 1.807) is 0 Å². The second-order valence-electron chi connectivity index (χ2n) is 6.68. The van der Waals surface area contributed by atoms with Crippen LogP contribution in [-0.4, -0.2) is 72.5 Å². The second kappa shape index (κ2) is 10.8. The Kier molecular flexibility index (Phi) is 9.79. The topological polar surface area (TPSA) is 52.8 Å². The predicted octanol–water partition coefficient (Wildman–Crippen LogP) is 2.11. The molecule has 2 heterocycles. The lowest BCUT2D eigenvalue weighted by Gasteiger charge is -2.35. The Balaban J connectivity index is 0.00000169. The monoisotopic (exact) mass is 470 g/mol. The summed E-state index contributed by atoms with van der Waals surface area (Å²) in [7, 11) is 0. The van der Waals surface area contributed by atoms with Crippen molar-refractivity contribution in [2.75, 3.05) is 45.8 Å². The van der Waals surface area contributed by atoms with Gasteiger partial charge in [-0.3, -0.25) is 14.6 Å². The molecule has 2 aliphatic rings. The second-order valence-corrected chi connectivity index (χ2v) is 7.59. The Labute approximate surface area is 175 Å². The third kappa shape index (κ3) is 6.32. The van der Waals surface area contributed by atoms with Crippen LogP contribution in [0.1, 0.15) is 12.0 Å². The predicted molar refractivity (Wildman–Crippen MR) is 109 cm³/mol. The third-order valence-corrected chi connectivity index (χ3v) is 5.30. The molecule has 3 rings (SSSR count). The maximum Gasteiger partial charge on any atom is 0.236 e. The van der Waals surface area contributed by atoms with Gasteiger partial charge >= 0.3 is 0 Å². The molecule has 1 aromatic rings. The quantitative estimate of drug-likeness (QED) is 0.730. The minimum absolute atomic E-state index is 0. The fraction of sp³-hybridized carbons (Fsp3) is 0.588. The van der Waals surface area contributed by atoms with Gasteiger partial charge in [-0.15, -0.1) is 24.8 Å². The van der Waals surface area contributed by atoms with Gasteiger partial charge < -0.3 is 10.6 Å². The number of likely N-dealkylation sites (tertiary alicyclic amines) is 1. The molecule has 0 radical (unpaired) electrons. The average molecular weight is 472 g/mol. The normalized spacial score (nSPS) is 21.2. The SMILES string of the molecule is Cl.Cl.N[C@@H]1CCN(C(=O)CN2CCN(Cc3ccc(Br)cc3F)CC2)C1. The summed E-state index contributed by atoms with van der Waals surface area (Å²) in [4.78, 5) is 18.6. The van der Waals surface area contributed by atoms with Crippen LogP contribution in [0.25, 0.3) is 0 Å². The maximum atomic E-state index is 13.9. The number of amides is 1.